The van der Waals surface area contributed by atoms with Crippen molar-refractivity contribution in [2.24, 2.45) is 0 Å². The third-order valence-electron chi connectivity index (χ3n) is 1.67. The summed E-state index contributed by atoms with van der Waals surface area (Å²) in [6.07, 6.45) is 4.92. The van der Waals surface area contributed by atoms with E-state index in [-0.39, 0.29) is 0 Å². The summed E-state index contributed by atoms with van der Waals surface area (Å²) in [7, 11) is 0. The highest BCUT2D eigenvalue weighted by atomic mass is 16.5. The van der Waals surface area contributed by atoms with E-state index in [0.29, 0.717) is 6.61 Å². The SMILES string of the molecule is C=CCCCCCOC(=O)NCC(=O)O. The molecular formula is C10H17NO4. The molecule has 86 valence electrons. The molecule has 1 amide bonds. The number of carbonyl (C=O) groups is 2. The van der Waals surface area contributed by atoms with E-state index in [2.05, 4.69) is 11.9 Å². The lowest BCUT2D eigenvalue weighted by Crippen LogP contribution is -2.30. The van der Waals surface area contributed by atoms with Gasteiger partial charge in [-0.05, 0) is 25.7 Å². The molecule has 5 nitrogen and oxygen atoms in total. The van der Waals surface area contributed by atoms with Crippen LogP contribution in [-0.4, -0.2) is 30.3 Å². The summed E-state index contributed by atoms with van der Waals surface area (Å²) in [4.78, 5) is 20.9. The predicted molar refractivity (Wildman–Crippen MR) is 55.7 cm³/mol. The van der Waals surface area contributed by atoms with E-state index in [1.165, 1.54) is 0 Å². The largest absolute Gasteiger partial charge is 0.480 e. The normalized spacial score (nSPS) is 9.33. The molecule has 0 aliphatic carbocycles. The maximum Gasteiger partial charge on any atom is 0.407 e. The van der Waals surface area contributed by atoms with E-state index >= 15 is 0 Å². The van der Waals surface area contributed by atoms with Crippen molar-refractivity contribution in [3.05, 3.63) is 12.7 Å². The number of hydrogen-bond acceptors (Lipinski definition) is 3. The van der Waals surface area contributed by atoms with Crippen molar-refractivity contribution >= 4 is 12.1 Å². The van der Waals surface area contributed by atoms with Crippen LogP contribution in [0, 0.1) is 0 Å². The molecule has 0 spiro atoms. The number of allylic oxidation sites excluding steroid dienone is 1. The van der Waals surface area contributed by atoms with Crippen LogP contribution in [0.2, 0.25) is 0 Å². The van der Waals surface area contributed by atoms with Crippen molar-refractivity contribution in [2.45, 2.75) is 25.7 Å². The molecule has 0 saturated heterocycles. The van der Waals surface area contributed by atoms with Gasteiger partial charge in [0.1, 0.15) is 6.54 Å². The molecule has 0 fully saturated rings. The third-order valence-corrected chi connectivity index (χ3v) is 1.67. The minimum Gasteiger partial charge on any atom is -0.480 e. The van der Waals surface area contributed by atoms with Gasteiger partial charge in [-0.1, -0.05) is 6.08 Å². The second-order valence-electron chi connectivity index (χ2n) is 3.02. The maximum atomic E-state index is 10.8. The number of aliphatic carboxylic acids is 1. The first-order chi connectivity index (χ1) is 7.16. The second kappa shape index (κ2) is 9.05. The summed E-state index contributed by atoms with van der Waals surface area (Å²) < 4.78 is 4.73. The van der Waals surface area contributed by atoms with Crippen LogP contribution in [-0.2, 0) is 9.53 Å². The Balaban J connectivity index is 3.23. The van der Waals surface area contributed by atoms with Crippen LogP contribution in [0.1, 0.15) is 25.7 Å². The Morgan fingerprint density at radius 1 is 1.33 bits per heavy atom. The van der Waals surface area contributed by atoms with Crippen LogP contribution in [0.25, 0.3) is 0 Å². The average molecular weight is 215 g/mol. The standard InChI is InChI=1S/C10H17NO4/c1-2-3-4-5-6-7-15-10(14)11-8-9(12)13/h2H,1,3-8H2,(H,11,14)(H,12,13). The molecule has 0 atom stereocenters. The fraction of sp³-hybridized carbons (Fsp3) is 0.600. The Labute approximate surface area is 89.1 Å². The molecule has 5 heteroatoms. The van der Waals surface area contributed by atoms with E-state index in [1.807, 2.05) is 6.08 Å². The fourth-order valence-corrected chi connectivity index (χ4v) is 0.931. The number of hydrogen-bond donors (Lipinski definition) is 2. The van der Waals surface area contributed by atoms with Gasteiger partial charge in [-0.25, -0.2) is 4.79 Å². The number of unbranched alkanes of at least 4 members (excludes halogenated alkanes) is 3. The molecule has 0 rings (SSSR count). The van der Waals surface area contributed by atoms with Crippen molar-refractivity contribution < 1.29 is 19.4 Å². The molecule has 0 saturated carbocycles. The lowest BCUT2D eigenvalue weighted by atomic mass is 10.2. The zero-order valence-corrected chi connectivity index (χ0v) is 8.70. The zero-order valence-electron chi connectivity index (χ0n) is 8.70. The van der Waals surface area contributed by atoms with Crippen LogP contribution in [0.5, 0.6) is 0 Å². The van der Waals surface area contributed by atoms with Crippen molar-refractivity contribution in [3.63, 3.8) is 0 Å². The lowest BCUT2D eigenvalue weighted by Gasteiger charge is -2.04. The Kier molecular flexibility index (Phi) is 8.13. The maximum absolute atomic E-state index is 10.8. The first-order valence-corrected chi connectivity index (χ1v) is 4.90. The van der Waals surface area contributed by atoms with E-state index in [9.17, 15) is 9.59 Å². The van der Waals surface area contributed by atoms with E-state index in [0.717, 1.165) is 25.7 Å². The topological polar surface area (TPSA) is 75.6 Å². The molecule has 0 bridgehead atoms. The average Bonchev–Trinajstić information content (AvgIpc) is 2.20. The summed E-state index contributed by atoms with van der Waals surface area (Å²) in [6.45, 7) is 3.51. The number of amides is 1. The Hall–Kier alpha value is -1.52. The van der Waals surface area contributed by atoms with E-state index in [1.54, 1.807) is 0 Å². The predicted octanol–water partition coefficient (Wildman–Crippen LogP) is 1.54. The highest BCUT2D eigenvalue weighted by molar-refractivity contribution is 5.76. The molecule has 15 heavy (non-hydrogen) atoms. The molecule has 0 aliphatic heterocycles. The summed E-state index contributed by atoms with van der Waals surface area (Å²) >= 11 is 0. The van der Waals surface area contributed by atoms with Gasteiger partial charge in [-0.3, -0.25) is 4.79 Å². The van der Waals surface area contributed by atoms with Gasteiger partial charge in [0.05, 0.1) is 6.61 Å². The van der Waals surface area contributed by atoms with Crippen molar-refractivity contribution in [1.29, 1.82) is 0 Å². The molecule has 0 aromatic rings. The number of carbonyl (C=O) groups excluding carboxylic acids is 1. The van der Waals surface area contributed by atoms with Crippen LogP contribution < -0.4 is 5.32 Å². The third kappa shape index (κ3) is 10.4. The highest BCUT2D eigenvalue weighted by Crippen LogP contribution is 2.00. The van der Waals surface area contributed by atoms with Gasteiger partial charge in [-0.2, -0.15) is 0 Å². The molecule has 0 aliphatic rings. The van der Waals surface area contributed by atoms with Gasteiger partial charge in [0, 0.05) is 0 Å². The summed E-state index contributed by atoms with van der Waals surface area (Å²) in [5.41, 5.74) is 0. The highest BCUT2D eigenvalue weighted by Gasteiger charge is 2.03. The summed E-state index contributed by atoms with van der Waals surface area (Å²) in [5.74, 6) is -1.09. The van der Waals surface area contributed by atoms with Gasteiger partial charge in [0.15, 0.2) is 0 Å². The van der Waals surface area contributed by atoms with Crippen LogP contribution in [0.3, 0.4) is 0 Å². The first-order valence-electron chi connectivity index (χ1n) is 4.90. The van der Waals surface area contributed by atoms with Crippen LogP contribution >= 0.6 is 0 Å². The van der Waals surface area contributed by atoms with Crippen molar-refractivity contribution in [2.75, 3.05) is 13.2 Å². The van der Waals surface area contributed by atoms with Crippen molar-refractivity contribution in [1.82, 2.24) is 5.32 Å². The number of rotatable bonds is 8. The Bertz CT molecular complexity index is 215. The Morgan fingerprint density at radius 2 is 2.07 bits per heavy atom. The van der Waals surface area contributed by atoms with Gasteiger partial charge in [-0.15, -0.1) is 6.58 Å². The van der Waals surface area contributed by atoms with Gasteiger partial charge in [0.2, 0.25) is 0 Å². The second-order valence-corrected chi connectivity index (χ2v) is 3.02. The van der Waals surface area contributed by atoms with E-state index < -0.39 is 18.6 Å². The molecule has 0 unspecified atom stereocenters. The summed E-state index contributed by atoms with van der Waals surface area (Å²) in [6, 6.07) is 0. The van der Waals surface area contributed by atoms with Crippen LogP contribution in [0.4, 0.5) is 4.79 Å². The Morgan fingerprint density at radius 3 is 2.67 bits per heavy atom. The van der Waals surface area contributed by atoms with Crippen molar-refractivity contribution in [3.8, 4) is 0 Å². The number of ether oxygens (including phenoxy) is 1. The zero-order chi connectivity index (χ0) is 11.5. The lowest BCUT2D eigenvalue weighted by molar-refractivity contribution is -0.135. The molecule has 0 aromatic carbocycles. The molecule has 2 N–H and O–H groups in total. The fourth-order valence-electron chi connectivity index (χ4n) is 0.931. The smallest absolute Gasteiger partial charge is 0.407 e. The minimum absolute atomic E-state index is 0.322. The number of carboxylic acids is 1. The molecular weight excluding hydrogens is 198 g/mol. The molecule has 0 radical (unpaired) electrons. The number of carboxylic acid groups (broad SMARTS) is 1. The van der Waals surface area contributed by atoms with Gasteiger partial charge < -0.3 is 15.2 Å². The first kappa shape index (κ1) is 13.5. The quantitative estimate of drug-likeness (QED) is 0.475. The van der Waals surface area contributed by atoms with Gasteiger partial charge in [0.25, 0.3) is 0 Å². The molecule has 0 aromatic heterocycles. The number of alkyl carbamates (subject to hydrolysis) is 1. The molecule has 0 heterocycles. The summed E-state index contributed by atoms with van der Waals surface area (Å²) in [5, 5.41) is 10.4. The van der Waals surface area contributed by atoms with Gasteiger partial charge >= 0.3 is 12.1 Å². The van der Waals surface area contributed by atoms with E-state index in [4.69, 9.17) is 9.84 Å². The monoisotopic (exact) mass is 215 g/mol. The number of nitrogens with one attached hydrogen (secondary N) is 1. The van der Waals surface area contributed by atoms with Crippen LogP contribution in [0.15, 0.2) is 12.7 Å². The minimum atomic E-state index is -1.09.